The minimum Gasteiger partial charge on any atom is -0.291 e. The van der Waals surface area contributed by atoms with Gasteiger partial charge in [0.1, 0.15) is 6.33 Å². The predicted molar refractivity (Wildman–Crippen MR) is 53.3 cm³/mol. The average molecular weight is 203 g/mol. The summed E-state index contributed by atoms with van der Waals surface area (Å²) in [7, 11) is 0. The molecule has 0 radical (unpaired) electrons. The molecule has 2 N–H and O–H groups in total. The number of aromatic nitrogens is 4. The highest BCUT2D eigenvalue weighted by Crippen LogP contribution is 2.05. The van der Waals surface area contributed by atoms with Crippen LogP contribution in [0.5, 0.6) is 0 Å². The third kappa shape index (κ3) is 1.98. The molecule has 15 heavy (non-hydrogen) atoms. The van der Waals surface area contributed by atoms with E-state index in [0.717, 1.165) is 0 Å². The number of rotatable bonds is 2. The Labute approximate surface area is 85.8 Å². The highest BCUT2D eigenvalue weighted by Gasteiger charge is 2.10. The molecule has 6 nitrogen and oxygen atoms in total. The van der Waals surface area contributed by atoms with Crippen molar-refractivity contribution < 1.29 is 4.79 Å². The number of H-pyrrole nitrogens is 1. The molecule has 0 aliphatic carbocycles. The van der Waals surface area contributed by atoms with Gasteiger partial charge >= 0.3 is 0 Å². The molecule has 0 aliphatic heterocycles. The van der Waals surface area contributed by atoms with E-state index in [1.54, 1.807) is 25.3 Å². The average Bonchev–Trinajstić information content (AvgIpc) is 2.71. The van der Waals surface area contributed by atoms with Gasteiger partial charge in [0.05, 0.1) is 5.56 Å². The second kappa shape index (κ2) is 3.87. The van der Waals surface area contributed by atoms with Crippen LogP contribution in [0.2, 0.25) is 0 Å². The summed E-state index contributed by atoms with van der Waals surface area (Å²) in [4.78, 5) is 19.5. The van der Waals surface area contributed by atoms with Crippen LogP contribution >= 0.6 is 0 Å². The second-order valence-corrected chi connectivity index (χ2v) is 2.92. The van der Waals surface area contributed by atoms with Crippen molar-refractivity contribution in [2.75, 3.05) is 5.32 Å². The van der Waals surface area contributed by atoms with E-state index in [9.17, 15) is 4.79 Å². The van der Waals surface area contributed by atoms with Crippen molar-refractivity contribution in [3.05, 3.63) is 35.9 Å². The monoisotopic (exact) mass is 203 g/mol. The lowest BCUT2D eigenvalue weighted by molar-refractivity contribution is 0.102. The third-order valence-corrected chi connectivity index (χ3v) is 1.90. The molecule has 0 bridgehead atoms. The molecule has 0 atom stereocenters. The predicted octanol–water partition coefficient (Wildman–Crippen LogP) is 0.760. The Hall–Kier alpha value is -2.24. The van der Waals surface area contributed by atoms with Crippen LogP contribution in [0.4, 0.5) is 5.95 Å². The number of pyridine rings is 1. The largest absolute Gasteiger partial charge is 0.291 e. The first-order valence-corrected chi connectivity index (χ1v) is 4.35. The van der Waals surface area contributed by atoms with Gasteiger partial charge in [0.2, 0.25) is 5.95 Å². The topological polar surface area (TPSA) is 83.6 Å². The van der Waals surface area contributed by atoms with Crippen LogP contribution in [0.1, 0.15) is 16.1 Å². The van der Waals surface area contributed by atoms with Crippen molar-refractivity contribution in [3.63, 3.8) is 0 Å². The first-order valence-electron chi connectivity index (χ1n) is 4.35. The van der Waals surface area contributed by atoms with Gasteiger partial charge in [0, 0.05) is 11.9 Å². The normalized spacial score (nSPS) is 9.93. The molecular weight excluding hydrogens is 194 g/mol. The van der Waals surface area contributed by atoms with Gasteiger partial charge in [-0.1, -0.05) is 0 Å². The summed E-state index contributed by atoms with van der Waals surface area (Å²) in [5.41, 5.74) is 1.20. The molecule has 2 aromatic rings. The third-order valence-electron chi connectivity index (χ3n) is 1.90. The molecule has 0 aliphatic rings. The Morgan fingerprint density at radius 1 is 1.47 bits per heavy atom. The first kappa shape index (κ1) is 9.32. The zero-order chi connectivity index (χ0) is 10.7. The van der Waals surface area contributed by atoms with E-state index in [4.69, 9.17) is 0 Å². The second-order valence-electron chi connectivity index (χ2n) is 2.92. The van der Waals surface area contributed by atoms with Gasteiger partial charge in [-0.05, 0) is 19.1 Å². The van der Waals surface area contributed by atoms with Crippen LogP contribution < -0.4 is 5.32 Å². The Morgan fingerprint density at radius 3 is 3.00 bits per heavy atom. The zero-order valence-electron chi connectivity index (χ0n) is 8.06. The van der Waals surface area contributed by atoms with E-state index in [1.165, 1.54) is 6.33 Å². The summed E-state index contributed by atoms with van der Waals surface area (Å²) < 4.78 is 0. The quantitative estimate of drug-likeness (QED) is 0.754. The number of nitrogens with zero attached hydrogens (tertiary/aromatic N) is 3. The molecule has 2 aromatic heterocycles. The molecule has 0 saturated heterocycles. The number of aromatic amines is 1. The first-order chi connectivity index (χ1) is 7.27. The maximum Gasteiger partial charge on any atom is 0.259 e. The van der Waals surface area contributed by atoms with E-state index in [-0.39, 0.29) is 5.91 Å². The zero-order valence-corrected chi connectivity index (χ0v) is 8.06. The smallest absolute Gasteiger partial charge is 0.259 e. The summed E-state index contributed by atoms with van der Waals surface area (Å²) in [6.45, 7) is 1.77. The number of carbonyl (C=O) groups excluding carboxylic acids is 1. The molecule has 1 amide bonds. The molecule has 2 rings (SSSR count). The molecule has 0 saturated carbocycles. The fraction of sp³-hybridized carbons (Fsp3) is 0.111. The molecule has 0 unspecified atom stereocenters. The van der Waals surface area contributed by atoms with E-state index in [1.807, 2.05) is 0 Å². The van der Waals surface area contributed by atoms with Crippen molar-refractivity contribution in [1.82, 2.24) is 20.2 Å². The van der Waals surface area contributed by atoms with Gasteiger partial charge in [0.15, 0.2) is 0 Å². The Morgan fingerprint density at radius 2 is 2.33 bits per heavy atom. The van der Waals surface area contributed by atoms with Crippen LogP contribution in [-0.2, 0) is 0 Å². The van der Waals surface area contributed by atoms with Gasteiger partial charge in [-0.25, -0.2) is 5.10 Å². The lowest BCUT2D eigenvalue weighted by Gasteiger charge is -2.03. The van der Waals surface area contributed by atoms with Crippen molar-refractivity contribution in [2.45, 2.75) is 6.92 Å². The van der Waals surface area contributed by atoms with Crippen molar-refractivity contribution >= 4 is 11.9 Å². The minimum atomic E-state index is -0.252. The Bertz CT molecular complexity index is 465. The number of hydrogen-bond acceptors (Lipinski definition) is 4. The van der Waals surface area contributed by atoms with Gasteiger partial charge in [0.25, 0.3) is 5.91 Å². The molecule has 6 heteroatoms. The van der Waals surface area contributed by atoms with E-state index in [2.05, 4.69) is 25.5 Å². The summed E-state index contributed by atoms with van der Waals surface area (Å²) in [5.74, 6) is 0.0700. The van der Waals surface area contributed by atoms with Gasteiger partial charge in [-0.3, -0.25) is 15.1 Å². The molecule has 0 aromatic carbocycles. The number of amides is 1. The van der Waals surface area contributed by atoms with E-state index in [0.29, 0.717) is 17.2 Å². The van der Waals surface area contributed by atoms with Crippen LogP contribution in [-0.4, -0.2) is 26.1 Å². The SMILES string of the molecule is Cc1ncccc1C(=O)Nc1ncn[nH]1. The van der Waals surface area contributed by atoms with Gasteiger partial charge in [-0.15, -0.1) is 0 Å². The highest BCUT2D eigenvalue weighted by atomic mass is 16.1. The van der Waals surface area contributed by atoms with E-state index >= 15 is 0 Å². The van der Waals surface area contributed by atoms with Crippen LogP contribution in [0.25, 0.3) is 0 Å². The van der Waals surface area contributed by atoms with Crippen molar-refractivity contribution in [1.29, 1.82) is 0 Å². The fourth-order valence-electron chi connectivity index (χ4n) is 1.16. The van der Waals surface area contributed by atoms with Crippen LogP contribution in [0, 0.1) is 6.92 Å². The summed E-state index contributed by atoms with van der Waals surface area (Å²) in [6.07, 6.45) is 2.96. The molecule has 2 heterocycles. The summed E-state index contributed by atoms with van der Waals surface area (Å²) in [6, 6.07) is 3.41. The molecule has 0 fully saturated rings. The number of carbonyl (C=O) groups is 1. The molecule has 0 spiro atoms. The highest BCUT2D eigenvalue weighted by molar-refractivity contribution is 6.03. The Kier molecular flexibility index (Phi) is 2.40. The van der Waals surface area contributed by atoms with Gasteiger partial charge in [-0.2, -0.15) is 10.1 Å². The summed E-state index contributed by atoms with van der Waals surface area (Å²) in [5, 5.41) is 8.74. The summed E-state index contributed by atoms with van der Waals surface area (Å²) >= 11 is 0. The number of nitrogens with one attached hydrogen (secondary N) is 2. The van der Waals surface area contributed by atoms with Crippen molar-refractivity contribution in [2.24, 2.45) is 0 Å². The number of hydrogen-bond donors (Lipinski definition) is 2. The van der Waals surface area contributed by atoms with Crippen LogP contribution in [0.15, 0.2) is 24.7 Å². The number of aryl methyl sites for hydroxylation is 1. The standard InChI is InChI=1S/C9H9N5O/c1-6-7(3-2-4-10-6)8(15)13-9-11-5-12-14-9/h2-5H,1H3,(H2,11,12,13,14,15). The maximum atomic E-state index is 11.7. The lowest BCUT2D eigenvalue weighted by Crippen LogP contribution is -2.14. The van der Waals surface area contributed by atoms with Gasteiger partial charge < -0.3 is 0 Å². The lowest BCUT2D eigenvalue weighted by atomic mass is 10.2. The molecule has 76 valence electrons. The number of anilines is 1. The minimum absolute atomic E-state index is 0.252. The Balaban J connectivity index is 2.19. The fourth-order valence-corrected chi connectivity index (χ4v) is 1.16. The van der Waals surface area contributed by atoms with E-state index < -0.39 is 0 Å². The van der Waals surface area contributed by atoms with Crippen molar-refractivity contribution in [3.8, 4) is 0 Å². The molecular formula is C9H9N5O. The van der Waals surface area contributed by atoms with Crippen LogP contribution in [0.3, 0.4) is 0 Å². The maximum absolute atomic E-state index is 11.7.